The number of carboxylic acid groups (broad SMARTS) is 1. The first-order valence-corrected chi connectivity index (χ1v) is 4.41. The fourth-order valence-electron chi connectivity index (χ4n) is 1.46. The molecule has 0 aliphatic rings. The molecular formula is C13H11O2-. The minimum atomic E-state index is -1.22. The zero-order valence-electron chi connectivity index (χ0n) is 8.32. The molecule has 76 valence electrons. The molecule has 1 aromatic rings. The van der Waals surface area contributed by atoms with E-state index in [0.29, 0.717) is 11.1 Å². The number of carboxylic acids is 1. The number of carbonyl (C=O) groups is 1. The first-order valence-electron chi connectivity index (χ1n) is 4.41. The molecule has 0 unspecified atom stereocenters. The maximum atomic E-state index is 10.8. The maximum Gasteiger partial charge on any atom is 0.0721 e. The molecule has 0 aliphatic carbocycles. The number of rotatable bonds is 4. The molecule has 0 atom stereocenters. The summed E-state index contributed by atoms with van der Waals surface area (Å²) in [6.45, 7) is 10.9. The van der Waals surface area contributed by atoms with E-state index in [9.17, 15) is 9.90 Å². The summed E-state index contributed by atoms with van der Waals surface area (Å²) < 4.78 is 0. The van der Waals surface area contributed by atoms with Crippen molar-refractivity contribution in [1.82, 2.24) is 0 Å². The van der Waals surface area contributed by atoms with Gasteiger partial charge in [-0.2, -0.15) is 0 Å². The number of hydrogen-bond acceptors (Lipinski definition) is 2. The van der Waals surface area contributed by atoms with E-state index in [1.54, 1.807) is 18.2 Å². The summed E-state index contributed by atoms with van der Waals surface area (Å²) in [5, 5.41) is 10.8. The molecule has 1 aromatic carbocycles. The molecule has 0 radical (unpaired) electrons. The molecule has 0 aromatic heterocycles. The van der Waals surface area contributed by atoms with E-state index in [2.05, 4.69) is 19.7 Å². The zero-order chi connectivity index (χ0) is 11.4. The molecule has 0 N–H and O–H groups in total. The van der Waals surface area contributed by atoms with Crippen LogP contribution in [-0.2, 0) is 0 Å². The van der Waals surface area contributed by atoms with Crippen molar-refractivity contribution in [3.63, 3.8) is 0 Å². The van der Waals surface area contributed by atoms with E-state index < -0.39 is 5.97 Å². The first kappa shape index (κ1) is 11.0. The van der Waals surface area contributed by atoms with Gasteiger partial charge in [-0.25, -0.2) is 0 Å². The second kappa shape index (κ2) is 4.42. The van der Waals surface area contributed by atoms with Gasteiger partial charge < -0.3 is 9.90 Å². The van der Waals surface area contributed by atoms with Gasteiger partial charge >= 0.3 is 0 Å². The third-order valence-corrected chi connectivity index (χ3v) is 2.17. The van der Waals surface area contributed by atoms with Crippen LogP contribution in [0.25, 0.3) is 18.2 Å². The molecule has 0 amide bonds. The Morgan fingerprint density at radius 2 is 1.67 bits per heavy atom. The molecular weight excluding hydrogens is 188 g/mol. The summed E-state index contributed by atoms with van der Waals surface area (Å²) in [6.07, 6.45) is 4.71. The van der Waals surface area contributed by atoms with Crippen molar-refractivity contribution >= 4 is 24.2 Å². The maximum absolute atomic E-state index is 10.8. The third kappa shape index (κ3) is 1.89. The molecule has 0 fully saturated rings. The van der Waals surface area contributed by atoms with Crippen molar-refractivity contribution in [1.29, 1.82) is 0 Å². The normalized spacial score (nSPS) is 9.33. The number of hydrogen-bond donors (Lipinski definition) is 0. The van der Waals surface area contributed by atoms with Crippen LogP contribution in [-0.4, -0.2) is 5.97 Å². The van der Waals surface area contributed by atoms with Gasteiger partial charge in [0.2, 0.25) is 0 Å². The molecule has 0 saturated heterocycles. The van der Waals surface area contributed by atoms with Gasteiger partial charge in [0.15, 0.2) is 0 Å². The second-order valence-corrected chi connectivity index (χ2v) is 2.93. The van der Waals surface area contributed by atoms with Gasteiger partial charge in [0.25, 0.3) is 0 Å². The van der Waals surface area contributed by atoms with E-state index >= 15 is 0 Å². The number of carbonyl (C=O) groups excluding carboxylic acids is 1. The van der Waals surface area contributed by atoms with Gasteiger partial charge in [0.1, 0.15) is 0 Å². The zero-order valence-corrected chi connectivity index (χ0v) is 8.32. The van der Waals surface area contributed by atoms with Crippen molar-refractivity contribution in [2.75, 3.05) is 0 Å². The van der Waals surface area contributed by atoms with Crippen LogP contribution in [0, 0.1) is 0 Å². The Hall–Kier alpha value is -2.09. The second-order valence-electron chi connectivity index (χ2n) is 2.93. The molecule has 0 bridgehead atoms. The Balaban J connectivity index is 3.61. The van der Waals surface area contributed by atoms with Crippen LogP contribution in [0.1, 0.15) is 27.0 Å². The fourth-order valence-corrected chi connectivity index (χ4v) is 1.46. The lowest BCUT2D eigenvalue weighted by Gasteiger charge is -2.12. The van der Waals surface area contributed by atoms with Crippen LogP contribution >= 0.6 is 0 Å². The highest BCUT2D eigenvalue weighted by molar-refractivity contribution is 5.93. The van der Waals surface area contributed by atoms with Crippen LogP contribution < -0.4 is 5.11 Å². The average molecular weight is 199 g/mol. The van der Waals surface area contributed by atoms with Crippen molar-refractivity contribution in [2.24, 2.45) is 0 Å². The van der Waals surface area contributed by atoms with Crippen LogP contribution in [0.3, 0.4) is 0 Å². The predicted octanol–water partition coefficient (Wildman–Crippen LogP) is 1.98. The summed E-state index contributed by atoms with van der Waals surface area (Å²) in [4.78, 5) is 10.8. The van der Waals surface area contributed by atoms with Gasteiger partial charge in [0, 0.05) is 5.56 Å². The number of aromatic carboxylic acids is 1. The molecule has 2 nitrogen and oxygen atoms in total. The minimum Gasteiger partial charge on any atom is -0.545 e. The molecule has 0 heterocycles. The third-order valence-electron chi connectivity index (χ3n) is 2.17. The van der Waals surface area contributed by atoms with Crippen LogP contribution in [0.5, 0.6) is 0 Å². The van der Waals surface area contributed by atoms with E-state index in [-0.39, 0.29) is 5.56 Å². The van der Waals surface area contributed by atoms with Crippen molar-refractivity contribution in [3.05, 3.63) is 54.1 Å². The summed E-state index contributed by atoms with van der Waals surface area (Å²) in [6, 6.07) is 3.15. The van der Waals surface area contributed by atoms with Crippen molar-refractivity contribution in [3.8, 4) is 0 Å². The van der Waals surface area contributed by atoms with Crippen LogP contribution in [0.4, 0.5) is 0 Å². The Morgan fingerprint density at radius 1 is 1.07 bits per heavy atom. The smallest absolute Gasteiger partial charge is 0.0721 e. The SMILES string of the molecule is C=Cc1ccc(C(=O)[O-])c(C=C)c1C=C. The summed E-state index contributed by atoms with van der Waals surface area (Å²) in [5.74, 6) is -1.22. The van der Waals surface area contributed by atoms with Crippen molar-refractivity contribution < 1.29 is 9.90 Å². The van der Waals surface area contributed by atoms with E-state index in [4.69, 9.17) is 0 Å². The largest absolute Gasteiger partial charge is 0.545 e. The Bertz CT molecular complexity index is 442. The lowest BCUT2D eigenvalue weighted by Crippen LogP contribution is -2.23. The standard InChI is InChI=1S/C13H12O2/c1-4-9-7-8-12(13(14)15)11(6-3)10(9)5-2/h4-8H,1-3H2,(H,14,15)/p-1. The van der Waals surface area contributed by atoms with Crippen molar-refractivity contribution in [2.45, 2.75) is 0 Å². The Morgan fingerprint density at radius 3 is 2.07 bits per heavy atom. The van der Waals surface area contributed by atoms with E-state index in [0.717, 1.165) is 5.56 Å². The summed E-state index contributed by atoms with van der Waals surface area (Å²) >= 11 is 0. The van der Waals surface area contributed by atoms with Gasteiger partial charge in [-0.3, -0.25) is 0 Å². The van der Waals surface area contributed by atoms with Gasteiger partial charge in [0.05, 0.1) is 5.97 Å². The fraction of sp³-hybridized carbons (Fsp3) is 0. The molecule has 0 spiro atoms. The topological polar surface area (TPSA) is 40.1 Å². The lowest BCUT2D eigenvalue weighted by atomic mass is 9.96. The van der Waals surface area contributed by atoms with E-state index in [1.165, 1.54) is 12.1 Å². The van der Waals surface area contributed by atoms with E-state index in [1.807, 2.05) is 0 Å². The first-order chi connectivity index (χ1) is 7.15. The monoisotopic (exact) mass is 199 g/mol. The van der Waals surface area contributed by atoms with Gasteiger partial charge in [-0.15, -0.1) is 0 Å². The van der Waals surface area contributed by atoms with Gasteiger partial charge in [-0.05, 0) is 16.7 Å². The molecule has 0 saturated carbocycles. The van der Waals surface area contributed by atoms with Crippen LogP contribution in [0.15, 0.2) is 31.9 Å². The predicted molar refractivity (Wildman–Crippen MR) is 61.0 cm³/mol. The summed E-state index contributed by atoms with van der Waals surface area (Å²) in [5.41, 5.74) is 2.17. The highest BCUT2D eigenvalue weighted by Crippen LogP contribution is 2.22. The number of benzene rings is 1. The lowest BCUT2D eigenvalue weighted by molar-refractivity contribution is -0.255. The Labute approximate surface area is 88.9 Å². The highest BCUT2D eigenvalue weighted by atomic mass is 16.4. The summed E-state index contributed by atoms with van der Waals surface area (Å²) in [7, 11) is 0. The molecule has 15 heavy (non-hydrogen) atoms. The quantitative estimate of drug-likeness (QED) is 0.743. The molecule has 2 heteroatoms. The van der Waals surface area contributed by atoms with Crippen LogP contribution in [0.2, 0.25) is 0 Å². The molecule has 1 rings (SSSR count). The Kier molecular flexibility index (Phi) is 3.24. The van der Waals surface area contributed by atoms with Gasteiger partial charge in [-0.1, -0.05) is 50.1 Å². The minimum absolute atomic E-state index is 0.116. The highest BCUT2D eigenvalue weighted by Gasteiger charge is 2.07. The average Bonchev–Trinajstić information content (AvgIpc) is 2.26. The molecule has 0 aliphatic heterocycles.